The third-order valence-electron chi connectivity index (χ3n) is 9.41. The van der Waals surface area contributed by atoms with Gasteiger partial charge in [0.25, 0.3) is 0 Å². The average molecular weight is 386 g/mol. The third-order valence-corrected chi connectivity index (χ3v) is 9.41. The van der Waals surface area contributed by atoms with E-state index in [-0.39, 0.29) is 46.6 Å². The van der Waals surface area contributed by atoms with Crippen LogP contribution in [0.25, 0.3) is 0 Å². The van der Waals surface area contributed by atoms with Gasteiger partial charge in [0.15, 0.2) is 11.6 Å². The summed E-state index contributed by atoms with van der Waals surface area (Å²) in [4.78, 5) is 24.7. The zero-order valence-electron chi connectivity index (χ0n) is 17.1. The van der Waals surface area contributed by atoms with Crippen LogP contribution in [0, 0.1) is 34.5 Å². The molecule has 4 fully saturated rings. The Morgan fingerprint density at radius 3 is 2.64 bits per heavy atom. The summed E-state index contributed by atoms with van der Waals surface area (Å²) in [6.45, 7) is 7.71. The highest BCUT2D eigenvalue weighted by Gasteiger charge is 2.82. The van der Waals surface area contributed by atoms with Crippen molar-refractivity contribution in [3.05, 3.63) is 23.8 Å². The Labute approximate surface area is 165 Å². The summed E-state index contributed by atoms with van der Waals surface area (Å²) in [5, 5.41) is 21.1. The van der Waals surface area contributed by atoms with Crippen molar-refractivity contribution in [2.75, 3.05) is 6.61 Å². The minimum Gasteiger partial charge on any atom is -0.388 e. The van der Waals surface area contributed by atoms with Crippen LogP contribution in [0.3, 0.4) is 0 Å². The van der Waals surface area contributed by atoms with Crippen LogP contribution in [-0.4, -0.2) is 45.7 Å². The molecule has 4 aliphatic carbocycles. The number of hydrogen-bond donors (Lipinski definition) is 2. The number of rotatable bonds is 2. The maximum Gasteiger partial charge on any atom is 0.190 e. The number of epoxide rings is 1. The summed E-state index contributed by atoms with van der Waals surface area (Å²) in [6, 6.07) is 0. The first-order valence-corrected chi connectivity index (χ1v) is 10.6. The Morgan fingerprint density at radius 1 is 1.25 bits per heavy atom. The van der Waals surface area contributed by atoms with E-state index in [2.05, 4.69) is 13.8 Å². The fourth-order valence-electron chi connectivity index (χ4n) is 8.09. The third kappa shape index (κ3) is 1.76. The molecule has 1 heterocycles. The highest BCUT2D eigenvalue weighted by Crippen LogP contribution is 2.77. The van der Waals surface area contributed by atoms with E-state index < -0.39 is 23.4 Å². The first-order valence-electron chi connectivity index (χ1n) is 10.6. The molecule has 0 radical (unpaired) electrons. The zero-order chi connectivity index (χ0) is 20.3. The largest absolute Gasteiger partial charge is 0.388 e. The summed E-state index contributed by atoms with van der Waals surface area (Å²) in [5.41, 5.74) is -1.62. The van der Waals surface area contributed by atoms with Crippen molar-refractivity contribution in [1.29, 1.82) is 0 Å². The number of fused-ring (bicyclic) bond motifs is 3. The van der Waals surface area contributed by atoms with Crippen LogP contribution in [0.1, 0.15) is 47.0 Å². The van der Waals surface area contributed by atoms with Gasteiger partial charge in [0.05, 0.1) is 6.10 Å². The molecule has 3 saturated carbocycles. The lowest BCUT2D eigenvalue weighted by Gasteiger charge is -2.57. The summed E-state index contributed by atoms with van der Waals surface area (Å²) in [5.74, 6) is 0.00343. The molecule has 1 saturated heterocycles. The monoisotopic (exact) mass is 386 g/mol. The van der Waals surface area contributed by atoms with Crippen LogP contribution in [-0.2, 0) is 14.3 Å². The van der Waals surface area contributed by atoms with E-state index in [0.717, 1.165) is 18.4 Å². The molecule has 0 amide bonds. The van der Waals surface area contributed by atoms with Gasteiger partial charge in [-0.2, -0.15) is 0 Å². The predicted molar refractivity (Wildman–Crippen MR) is 102 cm³/mol. The number of hydrogen-bond acceptors (Lipinski definition) is 5. The van der Waals surface area contributed by atoms with E-state index in [9.17, 15) is 19.8 Å². The number of carbonyl (C=O) groups excluding carboxylic acids is 2. The van der Waals surface area contributed by atoms with Gasteiger partial charge in [-0.3, -0.25) is 9.59 Å². The Morgan fingerprint density at radius 2 is 1.96 bits per heavy atom. The summed E-state index contributed by atoms with van der Waals surface area (Å²) in [6.07, 6.45) is 7.73. The zero-order valence-corrected chi connectivity index (χ0v) is 17.1. The smallest absolute Gasteiger partial charge is 0.190 e. The maximum absolute atomic E-state index is 12.7. The van der Waals surface area contributed by atoms with Crippen LogP contribution < -0.4 is 0 Å². The normalized spacial score (nSPS) is 56.3. The minimum absolute atomic E-state index is 0.0409. The average Bonchev–Trinajstić information content (AvgIpc) is 3.34. The van der Waals surface area contributed by atoms with E-state index >= 15 is 0 Å². The molecule has 0 aromatic heterocycles. The number of Topliss-reactive ketones (excluding diaryl/α,β-unsaturated/α-hetero) is 1. The molecule has 2 N–H and O–H groups in total. The lowest BCUT2D eigenvalue weighted by Crippen LogP contribution is -2.63. The Bertz CT molecular complexity index is 844. The second kappa shape index (κ2) is 5.24. The van der Waals surface area contributed by atoms with E-state index in [1.165, 1.54) is 0 Å². The van der Waals surface area contributed by atoms with Crippen molar-refractivity contribution >= 4 is 11.6 Å². The minimum atomic E-state index is -1.51. The molecule has 1 spiro atoms. The molecular weight excluding hydrogens is 356 g/mol. The molecule has 28 heavy (non-hydrogen) atoms. The highest BCUT2D eigenvalue weighted by molar-refractivity contribution is 6.01. The van der Waals surface area contributed by atoms with E-state index in [0.29, 0.717) is 6.42 Å². The number of aliphatic hydroxyl groups excluding tert-OH is 1. The Hall–Kier alpha value is -1.30. The first-order chi connectivity index (χ1) is 13.1. The molecule has 1 aliphatic heterocycles. The van der Waals surface area contributed by atoms with Gasteiger partial charge in [-0.05, 0) is 62.0 Å². The summed E-state index contributed by atoms with van der Waals surface area (Å²) >= 11 is 0. The van der Waals surface area contributed by atoms with Gasteiger partial charge >= 0.3 is 0 Å². The van der Waals surface area contributed by atoms with Gasteiger partial charge in [0.2, 0.25) is 0 Å². The molecule has 0 aromatic rings. The number of aliphatic hydroxyl groups is 2. The maximum atomic E-state index is 12.7. The molecule has 5 unspecified atom stereocenters. The van der Waals surface area contributed by atoms with Crippen LogP contribution >= 0.6 is 0 Å². The van der Waals surface area contributed by atoms with Crippen molar-refractivity contribution in [1.82, 2.24) is 0 Å². The standard InChI is InChI=1S/C23H30O5/c1-12-7-17-16-8-13(2)22(27,18(26)11-24)21(16,4)10-19-23(17,28-19)20(3)6-5-14(25)9-15(12)20/h5-6,9,12-13,16-17,19,24,27H,7-8,10-11H2,1-4H3/t12?,13?,16?,17?,19?,20-,21-,22-,23+/m0/s1. The van der Waals surface area contributed by atoms with E-state index in [4.69, 9.17) is 4.74 Å². The molecule has 5 aliphatic rings. The first kappa shape index (κ1) is 18.7. The van der Waals surface area contributed by atoms with Crippen molar-refractivity contribution in [3.63, 3.8) is 0 Å². The van der Waals surface area contributed by atoms with Crippen molar-refractivity contribution in [3.8, 4) is 0 Å². The quantitative estimate of drug-likeness (QED) is 0.711. The molecule has 152 valence electrons. The molecule has 0 aromatic carbocycles. The second-order valence-corrected chi connectivity index (χ2v) is 10.4. The fraction of sp³-hybridized carbons (Fsp3) is 0.739. The van der Waals surface area contributed by atoms with Crippen LogP contribution in [0.5, 0.6) is 0 Å². The number of ether oxygens (including phenoxy) is 1. The van der Waals surface area contributed by atoms with Gasteiger partial charge < -0.3 is 14.9 Å². The summed E-state index contributed by atoms with van der Waals surface area (Å²) < 4.78 is 6.48. The van der Waals surface area contributed by atoms with Gasteiger partial charge in [-0.1, -0.05) is 32.4 Å². The lowest BCUT2D eigenvalue weighted by atomic mass is 9.45. The number of allylic oxidation sites excluding steroid dienone is 2. The van der Waals surface area contributed by atoms with Gasteiger partial charge in [-0.15, -0.1) is 0 Å². The molecule has 5 heteroatoms. The van der Waals surface area contributed by atoms with Crippen molar-refractivity contribution in [2.45, 2.75) is 64.3 Å². The lowest BCUT2D eigenvalue weighted by molar-refractivity contribution is -0.166. The number of ketones is 2. The topological polar surface area (TPSA) is 87.1 Å². The van der Waals surface area contributed by atoms with E-state index in [1.54, 1.807) is 12.2 Å². The van der Waals surface area contributed by atoms with Crippen LogP contribution in [0.2, 0.25) is 0 Å². The molecule has 9 atom stereocenters. The van der Waals surface area contributed by atoms with Gasteiger partial charge in [-0.25, -0.2) is 0 Å². The summed E-state index contributed by atoms with van der Waals surface area (Å²) in [7, 11) is 0. The van der Waals surface area contributed by atoms with Gasteiger partial charge in [0, 0.05) is 10.8 Å². The second-order valence-electron chi connectivity index (χ2n) is 10.4. The predicted octanol–water partition coefficient (Wildman–Crippen LogP) is 2.21. The molecule has 5 rings (SSSR count). The van der Waals surface area contributed by atoms with Crippen molar-refractivity contribution in [2.24, 2.45) is 34.5 Å². The molecular formula is C23H30O5. The van der Waals surface area contributed by atoms with Crippen LogP contribution in [0.4, 0.5) is 0 Å². The van der Waals surface area contributed by atoms with Crippen LogP contribution in [0.15, 0.2) is 23.8 Å². The highest BCUT2D eigenvalue weighted by atomic mass is 16.6. The Balaban J connectivity index is 1.63. The van der Waals surface area contributed by atoms with Crippen molar-refractivity contribution < 1.29 is 24.5 Å². The SMILES string of the molecule is CC1CC2C3CC(C)[C@](O)(C(=O)CO)[C@@]3(C)CC3O[C@@]32[C@@]2(C)C=CC(=O)C=C12. The molecule has 5 nitrogen and oxygen atoms in total. The molecule has 0 bridgehead atoms. The van der Waals surface area contributed by atoms with E-state index in [1.807, 2.05) is 19.9 Å². The number of carbonyl (C=O) groups is 2. The Kier molecular flexibility index (Phi) is 3.50. The fourth-order valence-corrected chi connectivity index (χ4v) is 8.09. The van der Waals surface area contributed by atoms with Gasteiger partial charge in [0.1, 0.15) is 17.8 Å².